The van der Waals surface area contributed by atoms with E-state index in [9.17, 15) is 0 Å². The molecule has 1 unspecified atom stereocenters. The van der Waals surface area contributed by atoms with E-state index in [1.54, 1.807) is 0 Å². The summed E-state index contributed by atoms with van der Waals surface area (Å²) in [7, 11) is 0. The van der Waals surface area contributed by atoms with Crippen LogP contribution < -0.4 is 5.32 Å². The van der Waals surface area contributed by atoms with Crippen molar-refractivity contribution in [1.29, 1.82) is 0 Å². The summed E-state index contributed by atoms with van der Waals surface area (Å²) in [5, 5.41) is 12.0. The van der Waals surface area contributed by atoms with Crippen LogP contribution in [-0.4, -0.2) is 16.7 Å². The standard InChI is InChI=1S/C17H23N3/c1-6-18-17(15-9-7-8-11(2)13(15)4)16-10-12(3)19-20-14(16)5/h7-10,17-18H,6H2,1-5H3. The van der Waals surface area contributed by atoms with E-state index < -0.39 is 0 Å². The molecule has 0 saturated carbocycles. The second-order valence-corrected chi connectivity index (χ2v) is 5.31. The van der Waals surface area contributed by atoms with Crippen LogP contribution >= 0.6 is 0 Å². The number of nitrogens with zero attached hydrogens (tertiary/aromatic N) is 2. The Labute approximate surface area is 121 Å². The Bertz CT molecular complexity index is 603. The number of nitrogens with one attached hydrogen (secondary N) is 1. The topological polar surface area (TPSA) is 37.8 Å². The molecule has 1 aromatic heterocycles. The molecule has 3 heteroatoms. The minimum Gasteiger partial charge on any atom is -0.306 e. The Morgan fingerprint density at radius 1 is 1.05 bits per heavy atom. The van der Waals surface area contributed by atoms with Gasteiger partial charge < -0.3 is 5.32 Å². The third-order valence-corrected chi connectivity index (χ3v) is 3.82. The Balaban J connectivity index is 2.56. The molecule has 0 amide bonds. The molecule has 20 heavy (non-hydrogen) atoms. The van der Waals surface area contributed by atoms with E-state index in [-0.39, 0.29) is 6.04 Å². The molecule has 0 aliphatic carbocycles. The van der Waals surface area contributed by atoms with Gasteiger partial charge in [0.15, 0.2) is 0 Å². The second kappa shape index (κ2) is 6.14. The smallest absolute Gasteiger partial charge is 0.0651 e. The van der Waals surface area contributed by atoms with Crippen molar-refractivity contribution in [3.8, 4) is 0 Å². The number of aromatic nitrogens is 2. The zero-order valence-electron chi connectivity index (χ0n) is 13.0. The molecule has 2 rings (SSSR count). The van der Waals surface area contributed by atoms with Crippen LogP contribution in [0, 0.1) is 27.7 Å². The van der Waals surface area contributed by atoms with Crippen molar-refractivity contribution in [1.82, 2.24) is 15.5 Å². The highest BCUT2D eigenvalue weighted by Gasteiger charge is 2.18. The van der Waals surface area contributed by atoms with E-state index >= 15 is 0 Å². The maximum absolute atomic E-state index is 4.27. The van der Waals surface area contributed by atoms with Gasteiger partial charge in [0.1, 0.15) is 0 Å². The third kappa shape index (κ3) is 2.88. The van der Waals surface area contributed by atoms with Gasteiger partial charge in [-0.3, -0.25) is 0 Å². The number of aryl methyl sites for hydroxylation is 3. The maximum atomic E-state index is 4.27. The Morgan fingerprint density at radius 2 is 1.80 bits per heavy atom. The lowest BCUT2D eigenvalue weighted by Gasteiger charge is -2.23. The normalized spacial score (nSPS) is 12.4. The van der Waals surface area contributed by atoms with Gasteiger partial charge in [-0.25, -0.2) is 0 Å². The van der Waals surface area contributed by atoms with Crippen molar-refractivity contribution in [3.05, 3.63) is 57.9 Å². The lowest BCUT2D eigenvalue weighted by Crippen LogP contribution is -2.24. The first-order valence-corrected chi connectivity index (χ1v) is 7.15. The monoisotopic (exact) mass is 269 g/mol. The predicted octanol–water partition coefficient (Wildman–Crippen LogP) is 3.41. The highest BCUT2D eigenvalue weighted by molar-refractivity contribution is 5.41. The van der Waals surface area contributed by atoms with E-state index in [4.69, 9.17) is 0 Å². The molecule has 0 spiro atoms. The van der Waals surface area contributed by atoms with Gasteiger partial charge in [-0.05, 0) is 62.6 Å². The lowest BCUT2D eigenvalue weighted by atomic mass is 9.92. The van der Waals surface area contributed by atoms with Crippen LogP contribution in [0.25, 0.3) is 0 Å². The van der Waals surface area contributed by atoms with Gasteiger partial charge in [-0.2, -0.15) is 10.2 Å². The van der Waals surface area contributed by atoms with Crippen molar-refractivity contribution in [3.63, 3.8) is 0 Å². The maximum Gasteiger partial charge on any atom is 0.0651 e. The average molecular weight is 269 g/mol. The van der Waals surface area contributed by atoms with Crippen LogP contribution in [0.1, 0.15) is 46.6 Å². The van der Waals surface area contributed by atoms with E-state index in [1.165, 1.54) is 22.3 Å². The Hall–Kier alpha value is -1.74. The molecule has 1 aromatic carbocycles. The van der Waals surface area contributed by atoms with E-state index in [0.29, 0.717) is 0 Å². The SMILES string of the molecule is CCNC(c1cc(C)nnc1C)c1cccc(C)c1C. The molecule has 0 aliphatic rings. The highest BCUT2D eigenvalue weighted by atomic mass is 15.1. The molecule has 106 valence electrons. The number of rotatable bonds is 4. The third-order valence-electron chi connectivity index (χ3n) is 3.82. The molecule has 0 bridgehead atoms. The van der Waals surface area contributed by atoms with Crippen molar-refractivity contribution in [2.45, 2.75) is 40.7 Å². The molecule has 0 fully saturated rings. The zero-order chi connectivity index (χ0) is 14.7. The summed E-state index contributed by atoms with van der Waals surface area (Å²) in [5.41, 5.74) is 7.14. The first-order chi connectivity index (χ1) is 9.54. The zero-order valence-corrected chi connectivity index (χ0v) is 13.0. The van der Waals surface area contributed by atoms with Gasteiger partial charge >= 0.3 is 0 Å². The largest absolute Gasteiger partial charge is 0.306 e. The van der Waals surface area contributed by atoms with E-state index in [1.807, 2.05) is 13.8 Å². The van der Waals surface area contributed by atoms with Crippen LogP contribution in [0.4, 0.5) is 0 Å². The summed E-state index contributed by atoms with van der Waals surface area (Å²) in [6.45, 7) is 11.4. The van der Waals surface area contributed by atoms with Crippen LogP contribution in [0.3, 0.4) is 0 Å². The number of benzene rings is 1. The van der Waals surface area contributed by atoms with Gasteiger partial charge in [-0.15, -0.1) is 0 Å². The lowest BCUT2D eigenvalue weighted by molar-refractivity contribution is 0.617. The molecular formula is C17H23N3. The molecule has 1 N–H and O–H groups in total. The van der Waals surface area contributed by atoms with Gasteiger partial charge in [0.2, 0.25) is 0 Å². The molecule has 1 heterocycles. The van der Waals surface area contributed by atoms with Crippen molar-refractivity contribution in [2.24, 2.45) is 0 Å². The summed E-state index contributed by atoms with van der Waals surface area (Å²) in [6.07, 6.45) is 0. The first-order valence-electron chi connectivity index (χ1n) is 7.15. The van der Waals surface area contributed by atoms with Gasteiger partial charge in [0.25, 0.3) is 0 Å². The van der Waals surface area contributed by atoms with E-state index in [2.05, 4.69) is 60.6 Å². The minimum absolute atomic E-state index is 0.175. The Morgan fingerprint density at radius 3 is 2.50 bits per heavy atom. The Kier molecular flexibility index (Phi) is 4.50. The fraction of sp³-hybridized carbons (Fsp3) is 0.412. The number of hydrogen-bond donors (Lipinski definition) is 1. The first kappa shape index (κ1) is 14.7. The summed E-state index contributed by atoms with van der Waals surface area (Å²) in [4.78, 5) is 0. The molecule has 3 nitrogen and oxygen atoms in total. The van der Waals surface area contributed by atoms with Crippen molar-refractivity contribution in [2.75, 3.05) is 6.54 Å². The molecule has 2 aromatic rings. The van der Waals surface area contributed by atoms with Crippen molar-refractivity contribution < 1.29 is 0 Å². The minimum atomic E-state index is 0.175. The molecule has 0 saturated heterocycles. The molecular weight excluding hydrogens is 246 g/mol. The quantitative estimate of drug-likeness (QED) is 0.924. The average Bonchev–Trinajstić information content (AvgIpc) is 2.43. The van der Waals surface area contributed by atoms with Crippen LogP contribution in [-0.2, 0) is 0 Å². The van der Waals surface area contributed by atoms with Crippen molar-refractivity contribution >= 4 is 0 Å². The highest BCUT2D eigenvalue weighted by Crippen LogP contribution is 2.28. The fourth-order valence-corrected chi connectivity index (χ4v) is 2.54. The summed E-state index contributed by atoms with van der Waals surface area (Å²) < 4.78 is 0. The van der Waals surface area contributed by atoms with Gasteiger partial charge in [-0.1, -0.05) is 25.1 Å². The van der Waals surface area contributed by atoms with E-state index in [0.717, 1.165) is 17.9 Å². The summed E-state index contributed by atoms with van der Waals surface area (Å²) in [5.74, 6) is 0. The van der Waals surface area contributed by atoms with Gasteiger partial charge in [0.05, 0.1) is 17.4 Å². The predicted molar refractivity (Wildman–Crippen MR) is 82.9 cm³/mol. The number of hydrogen-bond acceptors (Lipinski definition) is 3. The summed E-state index contributed by atoms with van der Waals surface area (Å²) in [6, 6.07) is 8.79. The van der Waals surface area contributed by atoms with Crippen LogP contribution in [0.2, 0.25) is 0 Å². The molecule has 1 atom stereocenters. The molecule has 0 radical (unpaired) electrons. The van der Waals surface area contributed by atoms with Crippen LogP contribution in [0.15, 0.2) is 24.3 Å². The van der Waals surface area contributed by atoms with Crippen LogP contribution in [0.5, 0.6) is 0 Å². The van der Waals surface area contributed by atoms with Gasteiger partial charge in [0, 0.05) is 0 Å². The summed E-state index contributed by atoms with van der Waals surface area (Å²) >= 11 is 0. The fourth-order valence-electron chi connectivity index (χ4n) is 2.54. The molecule has 0 aliphatic heterocycles. The second-order valence-electron chi connectivity index (χ2n) is 5.31.